The van der Waals surface area contributed by atoms with Crippen molar-refractivity contribution in [3.05, 3.63) is 65.2 Å². The van der Waals surface area contributed by atoms with Gasteiger partial charge in [-0.3, -0.25) is 9.59 Å². The molecule has 1 fully saturated rings. The third-order valence-electron chi connectivity index (χ3n) is 5.04. The Labute approximate surface area is 176 Å². The number of anilines is 1. The number of benzene rings is 2. The van der Waals surface area contributed by atoms with Crippen LogP contribution in [0, 0.1) is 0 Å². The van der Waals surface area contributed by atoms with Gasteiger partial charge in [0, 0.05) is 42.5 Å². The molecular weight excluding hydrogens is 380 g/mol. The van der Waals surface area contributed by atoms with E-state index in [0.717, 1.165) is 18.4 Å². The summed E-state index contributed by atoms with van der Waals surface area (Å²) in [6, 6.07) is 14.2. The molecule has 0 radical (unpaired) electrons. The second-order valence-electron chi connectivity index (χ2n) is 7.84. The Morgan fingerprint density at radius 1 is 1.03 bits per heavy atom. The minimum absolute atomic E-state index is 0.0318. The van der Waals surface area contributed by atoms with Gasteiger partial charge < -0.3 is 20.9 Å². The maximum absolute atomic E-state index is 12.5. The van der Waals surface area contributed by atoms with Gasteiger partial charge in [0.1, 0.15) is 0 Å². The van der Waals surface area contributed by atoms with Crippen LogP contribution < -0.4 is 16.0 Å². The lowest BCUT2D eigenvalue weighted by molar-refractivity contribution is 0.0754. The van der Waals surface area contributed by atoms with Crippen LogP contribution in [0.15, 0.2) is 48.5 Å². The molecule has 0 saturated heterocycles. The highest BCUT2D eigenvalue weighted by Crippen LogP contribution is 2.19. The van der Waals surface area contributed by atoms with Crippen LogP contribution in [0.4, 0.5) is 10.5 Å². The molecular formula is C23H28N4O3. The van der Waals surface area contributed by atoms with Gasteiger partial charge in [-0.05, 0) is 62.6 Å². The molecule has 30 heavy (non-hydrogen) atoms. The first kappa shape index (κ1) is 21.4. The summed E-state index contributed by atoms with van der Waals surface area (Å²) in [6.07, 6.45) is 2.03. The molecule has 3 rings (SSSR count). The largest absolute Gasteiger partial charge is 0.348 e. The highest BCUT2D eigenvalue weighted by molar-refractivity contribution is 5.97. The molecule has 3 N–H and O–H groups in total. The smallest absolute Gasteiger partial charge is 0.319 e. The van der Waals surface area contributed by atoms with Gasteiger partial charge in [0.05, 0.1) is 0 Å². The van der Waals surface area contributed by atoms with Gasteiger partial charge >= 0.3 is 6.03 Å². The SMILES string of the molecule is CC(C)N(C)C(=O)c1ccc(CNC(=O)c2cccc(NC(=O)NC3CC3)c2)cc1. The molecule has 2 aromatic rings. The average Bonchev–Trinajstić information content (AvgIpc) is 3.55. The number of nitrogens with one attached hydrogen (secondary N) is 3. The molecule has 7 heteroatoms. The maximum atomic E-state index is 12.5. The minimum atomic E-state index is -0.257. The third-order valence-corrected chi connectivity index (χ3v) is 5.04. The van der Waals surface area contributed by atoms with E-state index in [9.17, 15) is 14.4 Å². The molecule has 158 valence electrons. The van der Waals surface area contributed by atoms with E-state index >= 15 is 0 Å². The molecule has 1 saturated carbocycles. The highest BCUT2D eigenvalue weighted by atomic mass is 16.2. The number of urea groups is 1. The summed E-state index contributed by atoms with van der Waals surface area (Å²) >= 11 is 0. The molecule has 2 aromatic carbocycles. The minimum Gasteiger partial charge on any atom is -0.348 e. The maximum Gasteiger partial charge on any atom is 0.319 e. The van der Waals surface area contributed by atoms with Crippen LogP contribution in [0.25, 0.3) is 0 Å². The van der Waals surface area contributed by atoms with Crippen molar-refractivity contribution in [1.29, 1.82) is 0 Å². The third kappa shape index (κ3) is 5.83. The molecule has 0 heterocycles. The van der Waals surface area contributed by atoms with Crippen LogP contribution in [0.3, 0.4) is 0 Å². The molecule has 0 aliphatic heterocycles. The predicted molar refractivity (Wildman–Crippen MR) is 116 cm³/mol. The first-order valence-corrected chi connectivity index (χ1v) is 10.2. The second kappa shape index (κ2) is 9.43. The van der Waals surface area contributed by atoms with Crippen LogP contribution in [0.5, 0.6) is 0 Å². The van der Waals surface area contributed by atoms with Crippen molar-refractivity contribution in [3.63, 3.8) is 0 Å². The van der Waals surface area contributed by atoms with Crippen molar-refractivity contribution < 1.29 is 14.4 Å². The van der Waals surface area contributed by atoms with E-state index in [0.29, 0.717) is 23.4 Å². The number of hydrogen-bond acceptors (Lipinski definition) is 3. The van der Waals surface area contributed by atoms with Gasteiger partial charge in [0.25, 0.3) is 11.8 Å². The van der Waals surface area contributed by atoms with Crippen molar-refractivity contribution in [3.8, 4) is 0 Å². The Balaban J connectivity index is 1.54. The van der Waals surface area contributed by atoms with Gasteiger partial charge in [0.15, 0.2) is 0 Å². The Hall–Kier alpha value is -3.35. The molecule has 0 unspecified atom stereocenters. The van der Waals surface area contributed by atoms with Crippen LogP contribution in [0.2, 0.25) is 0 Å². The standard InChI is InChI=1S/C23H28N4O3/c1-15(2)27(3)22(29)17-9-7-16(8-10-17)14-24-21(28)18-5-4-6-20(13-18)26-23(30)25-19-11-12-19/h4-10,13,15,19H,11-12,14H2,1-3H3,(H,24,28)(H2,25,26,30). The monoisotopic (exact) mass is 408 g/mol. The second-order valence-corrected chi connectivity index (χ2v) is 7.84. The summed E-state index contributed by atoms with van der Waals surface area (Å²) in [6.45, 7) is 4.27. The van der Waals surface area contributed by atoms with Crippen LogP contribution >= 0.6 is 0 Å². The topological polar surface area (TPSA) is 90.5 Å². The summed E-state index contributed by atoms with van der Waals surface area (Å²) in [5, 5.41) is 8.46. The van der Waals surface area contributed by atoms with E-state index in [2.05, 4.69) is 16.0 Å². The van der Waals surface area contributed by atoms with E-state index in [4.69, 9.17) is 0 Å². The van der Waals surface area contributed by atoms with Gasteiger partial charge in [0.2, 0.25) is 0 Å². The van der Waals surface area contributed by atoms with Crippen LogP contribution in [-0.4, -0.2) is 41.9 Å². The fourth-order valence-corrected chi connectivity index (χ4v) is 2.81. The summed E-state index contributed by atoms with van der Waals surface area (Å²) in [5.74, 6) is -0.267. The van der Waals surface area contributed by atoms with E-state index < -0.39 is 0 Å². The van der Waals surface area contributed by atoms with Crippen LogP contribution in [-0.2, 0) is 6.54 Å². The highest BCUT2D eigenvalue weighted by Gasteiger charge is 2.23. The molecule has 0 spiro atoms. The van der Waals surface area contributed by atoms with E-state index in [1.165, 1.54) is 0 Å². The first-order chi connectivity index (χ1) is 14.3. The summed E-state index contributed by atoms with van der Waals surface area (Å²) < 4.78 is 0. The van der Waals surface area contributed by atoms with E-state index in [1.54, 1.807) is 48.3 Å². The fourth-order valence-electron chi connectivity index (χ4n) is 2.81. The van der Waals surface area contributed by atoms with Crippen molar-refractivity contribution in [2.75, 3.05) is 12.4 Å². The van der Waals surface area contributed by atoms with Gasteiger partial charge in [-0.1, -0.05) is 18.2 Å². The van der Waals surface area contributed by atoms with Gasteiger partial charge in [-0.25, -0.2) is 4.79 Å². The normalized spacial score (nSPS) is 12.9. The Kier molecular flexibility index (Phi) is 6.72. The lowest BCUT2D eigenvalue weighted by Crippen LogP contribution is -2.32. The zero-order chi connectivity index (χ0) is 21.7. The van der Waals surface area contributed by atoms with E-state index in [1.807, 2.05) is 26.0 Å². The van der Waals surface area contributed by atoms with Crippen molar-refractivity contribution in [2.24, 2.45) is 0 Å². The van der Waals surface area contributed by atoms with Crippen molar-refractivity contribution in [2.45, 2.75) is 45.3 Å². The molecule has 0 bridgehead atoms. The van der Waals surface area contributed by atoms with Crippen molar-refractivity contribution in [1.82, 2.24) is 15.5 Å². The number of carbonyl (C=O) groups excluding carboxylic acids is 3. The fraction of sp³-hybridized carbons (Fsp3) is 0.348. The zero-order valence-corrected chi connectivity index (χ0v) is 17.6. The van der Waals surface area contributed by atoms with Gasteiger partial charge in [-0.2, -0.15) is 0 Å². The first-order valence-electron chi connectivity index (χ1n) is 10.2. The molecule has 0 aromatic heterocycles. The number of hydrogen-bond donors (Lipinski definition) is 3. The average molecular weight is 409 g/mol. The quantitative estimate of drug-likeness (QED) is 0.656. The molecule has 1 aliphatic rings. The zero-order valence-electron chi connectivity index (χ0n) is 17.6. The molecule has 0 atom stereocenters. The number of nitrogens with zero attached hydrogens (tertiary/aromatic N) is 1. The summed E-state index contributed by atoms with van der Waals surface area (Å²) in [7, 11) is 1.78. The molecule has 1 aliphatic carbocycles. The lowest BCUT2D eigenvalue weighted by Gasteiger charge is -2.21. The number of carbonyl (C=O) groups is 3. The summed E-state index contributed by atoms with van der Waals surface area (Å²) in [4.78, 5) is 38.4. The molecule has 7 nitrogen and oxygen atoms in total. The Morgan fingerprint density at radius 3 is 2.37 bits per heavy atom. The Morgan fingerprint density at radius 2 is 1.73 bits per heavy atom. The predicted octanol–water partition coefficient (Wildman–Crippen LogP) is 3.38. The van der Waals surface area contributed by atoms with Crippen LogP contribution in [0.1, 0.15) is 53.0 Å². The van der Waals surface area contributed by atoms with Gasteiger partial charge in [-0.15, -0.1) is 0 Å². The van der Waals surface area contributed by atoms with E-state index in [-0.39, 0.29) is 29.9 Å². The summed E-state index contributed by atoms with van der Waals surface area (Å²) in [5.41, 5.74) is 2.54. The number of rotatable bonds is 7. The lowest BCUT2D eigenvalue weighted by atomic mass is 10.1. The Bertz CT molecular complexity index is 920. The molecule has 4 amide bonds. The number of amides is 4. The van der Waals surface area contributed by atoms with Crippen molar-refractivity contribution >= 4 is 23.5 Å².